The van der Waals surface area contributed by atoms with Crippen LogP contribution in [0.1, 0.15) is 12.5 Å². The predicted octanol–water partition coefficient (Wildman–Crippen LogP) is 3.18. The van der Waals surface area contributed by atoms with Crippen molar-refractivity contribution in [2.45, 2.75) is 26.2 Å². The molecule has 0 aromatic heterocycles. The highest BCUT2D eigenvalue weighted by Gasteiger charge is 2.15. The van der Waals surface area contributed by atoms with Crippen molar-refractivity contribution in [2.24, 2.45) is 0 Å². The lowest BCUT2D eigenvalue weighted by molar-refractivity contribution is -0.109. The fourth-order valence-electron chi connectivity index (χ4n) is 1.61. The minimum Gasteiger partial charge on any atom is -0.377 e. The van der Waals surface area contributed by atoms with Gasteiger partial charge in [0, 0.05) is 24.4 Å². The van der Waals surface area contributed by atoms with Gasteiger partial charge < -0.3 is 14.8 Å². The van der Waals surface area contributed by atoms with Crippen molar-refractivity contribution < 1.29 is 9.47 Å². The Morgan fingerprint density at radius 2 is 1.88 bits per heavy atom. The molecule has 1 aromatic rings. The van der Waals surface area contributed by atoms with Crippen LogP contribution >= 0.6 is 15.9 Å². The molecule has 0 aliphatic carbocycles. The lowest BCUT2D eigenvalue weighted by Crippen LogP contribution is -2.33. The van der Waals surface area contributed by atoms with Crippen molar-refractivity contribution in [3.8, 4) is 0 Å². The Hall–Kier alpha value is -0.580. The second-order valence-electron chi connectivity index (χ2n) is 3.73. The largest absolute Gasteiger partial charge is 0.377 e. The van der Waals surface area contributed by atoms with Crippen LogP contribution in [0.2, 0.25) is 0 Å². The van der Waals surface area contributed by atoms with Gasteiger partial charge in [0.1, 0.15) is 0 Å². The van der Waals surface area contributed by atoms with E-state index in [1.807, 2.05) is 19.1 Å². The number of nitrogens with one attached hydrogen (secondary N) is 1. The van der Waals surface area contributed by atoms with Crippen LogP contribution in [-0.4, -0.2) is 26.6 Å². The Morgan fingerprint density at radius 3 is 2.38 bits per heavy atom. The second-order valence-corrected chi connectivity index (χ2v) is 4.65. The smallest absolute Gasteiger partial charge is 0.176 e. The van der Waals surface area contributed by atoms with Gasteiger partial charge in [-0.25, -0.2) is 0 Å². The van der Waals surface area contributed by atoms with Crippen LogP contribution in [0, 0.1) is 6.92 Å². The lowest BCUT2D eigenvalue weighted by Gasteiger charge is -2.24. The Morgan fingerprint density at radius 1 is 1.25 bits per heavy atom. The molecule has 0 bridgehead atoms. The Kier molecular flexibility index (Phi) is 5.25. The molecule has 1 unspecified atom stereocenters. The maximum absolute atomic E-state index is 5.20. The topological polar surface area (TPSA) is 30.5 Å². The molecule has 0 heterocycles. The van der Waals surface area contributed by atoms with Gasteiger partial charge in [0.2, 0.25) is 0 Å². The molecule has 1 rings (SSSR count). The van der Waals surface area contributed by atoms with Gasteiger partial charge in [-0.2, -0.15) is 0 Å². The molecule has 4 heteroatoms. The number of rotatable bonds is 5. The summed E-state index contributed by atoms with van der Waals surface area (Å²) in [7, 11) is 3.28. The molecule has 90 valence electrons. The minimum atomic E-state index is -0.247. The van der Waals surface area contributed by atoms with E-state index >= 15 is 0 Å². The first-order valence-corrected chi connectivity index (χ1v) is 5.96. The average Bonchev–Trinajstić information content (AvgIpc) is 2.24. The number of anilines is 1. The molecule has 0 spiro atoms. The standard InChI is InChI=1S/C12H18BrNO2/c1-8-7-10(13)5-6-11(8)14-9(2)12(15-3)16-4/h5-7,9,12,14H,1-4H3. The lowest BCUT2D eigenvalue weighted by atomic mass is 10.2. The van der Waals surface area contributed by atoms with Crippen LogP contribution in [0.25, 0.3) is 0 Å². The molecule has 0 saturated carbocycles. The van der Waals surface area contributed by atoms with E-state index in [-0.39, 0.29) is 12.3 Å². The average molecular weight is 288 g/mol. The third-order valence-electron chi connectivity index (χ3n) is 2.44. The van der Waals surface area contributed by atoms with Crippen molar-refractivity contribution >= 4 is 21.6 Å². The zero-order valence-corrected chi connectivity index (χ0v) is 11.7. The summed E-state index contributed by atoms with van der Waals surface area (Å²) < 4.78 is 11.5. The summed E-state index contributed by atoms with van der Waals surface area (Å²) in [5.41, 5.74) is 2.28. The summed E-state index contributed by atoms with van der Waals surface area (Å²) in [6, 6.07) is 6.22. The number of hydrogen-bond donors (Lipinski definition) is 1. The van der Waals surface area contributed by atoms with Crippen LogP contribution in [0.15, 0.2) is 22.7 Å². The van der Waals surface area contributed by atoms with E-state index < -0.39 is 0 Å². The van der Waals surface area contributed by atoms with E-state index in [2.05, 4.69) is 34.2 Å². The molecule has 1 N–H and O–H groups in total. The molecule has 0 amide bonds. The first kappa shape index (κ1) is 13.5. The van der Waals surface area contributed by atoms with E-state index in [1.54, 1.807) is 14.2 Å². The van der Waals surface area contributed by atoms with E-state index in [0.717, 1.165) is 10.2 Å². The van der Waals surface area contributed by atoms with Crippen molar-refractivity contribution in [1.82, 2.24) is 0 Å². The van der Waals surface area contributed by atoms with Crippen LogP contribution < -0.4 is 5.32 Å². The summed E-state index contributed by atoms with van der Waals surface area (Å²) in [6.07, 6.45) is -0.247. The molecule has 3 nitrogen and oxygen atoms in total. The maximum Gasteiger partial charge on any atom is 0.176 e. The molecular formula is C12H18BrNO2. The maximum atomic E-state index is 5.20. The third kappa shape index (κ3) is 3.47. The number of aryl methyl sites for hydroxylation is 1. The normalized spacial score (nSPS) is 12.9. The van der Waals surface area contributed by atoms with Gasteiger partial charge in [-0.05, 0) is 37.6 Å². The van der Waals surface area contributed by atoms with Crippen LogP contribution in [0.4, 0.5) is 5.69 Å². The van der Waals surface area contributed by atoms with E-state index in [9.17, 15) is 0 Å². The number of hydrogen-bond acceptors (Lipinski definition) is 3. The summed E-state index contributed by atoms with van der Waals surface area (Å²) in [5, 5.41) is 3.37. The van der Waals surface area contributed by atoms with Gasteiger partial charge in [-0.3, -0.25) is 0 Å². The summed E-state index contributed by atoms with van der Waals surface area (Å²) in [5.74, 6) is 0. The highest BCUT2D eigenvalue weighted by Crippen LogP contribution is 2.21. The number of benzene rings is 1. The van der Waals surface area contributed by atoms with Gasteiger partial charge in [0.05, 0.1) is 6.04 Å². The summed E-state index contributed by atoms with van der Waals surface area (Å²) >= 11 is 3.44. The SMILES string of the molecule is COC(OC)C(C)Nc1ccc(Br)cc1C. The monoisotopic (exact) mass is 287 g/mol. The van der Waals surface area contributed by atoms with Crippen molar-refractivity contribution in [2.75, 3.05) is 19.5 Å². The molecule has 0 aliphatic rings. The van der Waals surface area contributed by atoms with Gasteiger partial charge in [0.15, 0.2) is 6.29 Å². The number of methoxy groups -OCH3 is 2. The fourth-order valence-corrected chi connectivity index (χ4v) is 2.08. The van der Waals surface area contributed by atoms with E-state index in [4.69, 9.17) is 9.47 Å². The molecule has 0 fully saturated rings. The first-order chi connectivity index (χ1) is 7.58. The van der Waals surface area contributed by atoms with Gasteiger partial charge in [-0.15, -0.1) is 0 Å². The predicted molar refractivity (Wildman–Crippen MR) is 69.8 cm³/mol. The molecule has 1 atom stereocenters. The molecule has 0 radical (unpaired) electrons. The first-order valence-electron chi connectivity index (χ1n) is 5.16. The molecule has 0 aliphatic heterocycles. The van der Waals surface area contributed by atoms with Gasteiger partial charge in [0.25, 0.3) is 0 Å². The number of halogens is 1. The van der Waals surface area contributed by atoms with Crippen molar-refractivity contribution in [1.29, 1.82) is 0 Å². The Bertz CT molecular complexity index is 340. The van der Waals surface area contributed by atoms with E-state index in [0.29, 0.717) is 0 Å². The Balaban J connectivity index is 2.72. The summed E-state index contributed by atoms with van der Waals surface area (Å²) in [4.78, 5) is 0. The van der Waals surface area contributed by atoms with Crippen LogP contribution in [0.5, 0.6) is 0 Å². The molecule has 16 heavy (non-hydrogen) atoms. The van der Waals surface area contributed by atoms with Crippen molar-refractivity contribution in [3.63, 3.8) is 0 Å². The van der Waals surface area contributed by atoms with Crippen molar-refractivity contribution in [3.05, 3.63) is 28.2 Å². The van der Waals surface area contributed by atoms with Gasteiger partial charge in [-0.1, -0.05) is 15.9 Å². The highest BCUT2D eigenvalue weighted by molar-refractivity contribution is 9.10. The fraction of sp³-hybridized carbons (Fsp3) is 0.500. The van der Waals surface area contributed by atoms with E-state index in [1.165, 1.54) is 5.56 Å². The zero-order valence-electron chi connectivity index (χ0n) is 10.1. The molecule has 1 aromatic carbocycles. The molecular weight excluding hydrogens is 270 g/mol. The highest BCUT2D eigenvalue weighted by atomic mass is 79.9. The Labute approximate surface area is 105 Å². The molecule has 0 saturated heterocycles. The van der Waals surface area contributed by atoms with Gasteiger partial charge >= 0.3 is 0 Å². The van der Waals surface area contributed by atoms with Crippen LogP contribution in [-0.2, 0) is 9.47 Å². The number of ether oxygens (including phenoxy) is 2. The third-order valence-corrected chi connectivity index (χ3v) is 2.94. The minimum absolute atomic E-state index is 0.0925. The quantitative estimate of drug-likeness (QED) is 0.844. The second kappa shape index (κ2) is 6.23. The van der Waals surface area contributed by atoms with Crippen LogP contribution in [0.3, 0.4) is 0 Å². The summed E-state index contributed by atoms with van der Waals surface area (Å²) in [6.45, 7) is 4.09. The zero-order chi connectivity index (χ0) is 12.1.